The Morgan fingerprint density at radius 3 is 1.93 bits per heavy atom. The van der Waals surface area contributed by atoms with Crippen molar-refractivity contribution in [2.75, 3.05) is 7.05 Å². The normalized spacial score (nSPS) is 8.71. The zero-order valence-corrected chi connectivity index (χ0v) is 7.52. The van der Waals surface area contributed by atoms with Gasteiger partial charge in [0.05, 0.1) is 12.6 Å². The van der Waals surface area contributed by atoms with Gasteiger partial charge < -0.3 is 26.2 Å². The van der Waals surface area contributed by atoms with Gasteiger partial charge in [0.15, 0.2) is 0 Å². The number of carboxylic acids is 1. The first-order chi connectivity index (χ1) is 6.52. The molecule has 6 heteroatoms. The smallest absolute Gasteiger partial charge is 0.335 e. The molecule has 0 fully saturated rings. The van der Waals surface area contributed by atoms with Gasteiger partial charge in [-0.05, 0) is 17.9 Å². The Bertz CT molecular complexity index is 313. The van der Waals surface area contributed by atoms with Crippen LogP contribution in [0.15, 0.2) is 12.1 Å². The van der Waals surface area contributed by atoms with Gasteiger partial charge in [0, 0.05) is 0 Å². The van der Waals surface area contributed by atoms with Gasteiger partial charge in [0.1, 0.15) is 11.5 Å². The van der Waals surface area contributed by atoms with E-state index in [1.807, 2.05) is 0 Å². The molecule has 0 amide bonds. The van der Waals surface area contributed by atoms with E-state index in [0.717, 1.165) is 12.1 Å². The average molecular weight is 201 g/mol. The molecular weight excluding hydrogens is 190 g/mol. The van der Waals surface area contributed by atoms with Crippen LogP contribution >= 0.6 is 0 Å². The fraction of sp³-hybridized carbons (Fsp3) is 0.125. The van der Waals surface area contributed by atoms with Crippen molar-refractivity contribution in [1.29, 1.82) is 0 Å². The van der Waals surface area contributed by atoms with E-state index in [-0.39, 0.29) is 5.56 Å². The lowest BCUT2D eigenvalue weighted by atomic mass is 10.2. The number of rotatable bonds is 1. The number of aromatic hydroxyl groups is 2. The second kappa shape index (κ2) is 4.93. The van der Waals surface area contributed by atoms with Crippen LogP contribution in [0.3, 0.4) is 0 Å². The molecule has 0 aromatic heterocycles. The Morgan fingerprint density at radius 2 is 1.64 bits per heavy atom. The van der Waals surface area contributed by atoms with Crippen LogP contribution in [-0.2, 0) is 0 Å². The summed E-state index contributed by atoms with van der Waals surface area (Å²) in [6.45, 7) is 0. The van der Waals surface area contributed by atoms with E-state index in [4.69, 9.17) is 15.3 Å². The number of phenolic OH excluding ortho intramolecular Hbond substituents is 2. The predicted octanol–water partition coefficient (Wildman–Crippen LogP) is -1.27. The molecule has 14 heavy (non-hydrogen) atoms. The zero-order valence-electron chi connectivity index (χ0n) is 7.52. The van der Waals surface area contributed by atoms with Crippen LogP contribution in [0.5, 0.6) is 17.2 Å². The summed E-state index contributed by atoms with van der Waals surface area (Å²) in [6, 6.07) is 1.56. The van der Waals surface area contributed by atoms with Crippen molar-refractivity contribution in [3.05, 3.63) is 17.7 Å². The summed E-state index contributed by atoms with van der Waals surface area (Å²) >= 11 is 0. The highest BCUT2D eigenvalue weighted by Crippen LogP contribution is 2.32. The highest BCUT2D eigenvalue weighted by molar-refractivity contribution is 5.89. The van der Waals surface area contributed by atoms with Crippen LogP contribution in [0.25, 0.3) is 0 Å². The lowest BCUT2D eigenvalue weighted by Crippen LogP contribution is -2.40. The summed E-state index contributed by atoms with van der Waals surface area (Å²) in [6.07, 6.45) is 0. The predicted molar refractivity (Wildman–Crippen MR) is 45.0 cm³/mol. The van der Waals surface area contributed by atoms with E-state index < -0.39 is 23.2 Å². The third-order valence-electron chi connectivity index (χ3n) is 1.30. The largest absolute Gasteiger partial charge is 0.867 e. The molecule has 0 aliphatic carbocycles. The van der Waals surface area contributed by atoms with Crippen LogP contribution in [0, 0.1) is 0 Å². The molecule has 0 aliphatic heterocycles. The molecule has 6 N–H and O–H groups in total. The fourth-order valence-corrected chi connectivity index (χ4v) is 0.722. The van der Waals surface area contributed by atoms with E-state index in [1.165, 1.54) is 0 Å². The first-order valence-electron chi connectivity index (χ1n) is 3.69. The Morgan fingerprint density at radius 1 is 1.29 bits per heavy atom. The van der Waals surface area contributed by atoms with Gasteiger partial charge in [-0.25, -0.2) is 4.79 Å². The molecule has 0 unspecified atom stereocenters. The van der Waals surface area contributed by atoms with Gasteiger partial charge in [0.25, 0.3) is 0 Å². The van der Waals surface area contributed by atoms with Gasteiger partial charge in [-0.2, -0.15) is 0 Å². The third kappa shape index (κ3) is 2.53. The van der Waals surface area contributed by atoms with Crippen molar-refractivity contribution in [2.24, 2.45) is 0 Å². The van der Waals surface area contributed by atoms with Gasteiger partial charge in [-0.3, -0.25) is 0 Å². The highest BCUT2D eigenvalue weighted by atomic mass is 16.4. The second-order valence-electron chi connectivity index (χ2n) is 2.15. The lowest BCUT2D eigenvalue weighted by Gasteiger charge is -2.10. The molecule has 0 atom stereocenters. The van der Waals surface area contributed by atoms with E-state index in [0.29, 0.717) is 0 Å². The van der Waals surface area contributed by atoms with Crippen LogP contribution in [0.2, 0.25) is 0 Å². The van der Waals surface area contributed by atoms with Crippen LogP contribution in [0.4, 0.5) is 0 Å². The molecule has 1 rings (SSSR count). The molecular formula is C8H11NO5. The Kier molecular flexibility index (Phi) is 4.24. The Hall–Kier alpha value is -1.95. The topological polar surface area (TPSA) is 128 Å². The maximum Gasteiger partial charge on any atom is 0.335 e. The molecule has 1 aromatic rings. The summed E-state index contributed by atoms with van der Waals surface area (Å²) in [5.74, 6) is -3.83. The minimum Gasteiger partial charge on any atom is -0.867 e. The van der Waals surface area contributed by atoms with Crippen LogP contribution in [0.1, 0.15) is 10.4 Å². The molecule has 0 saturated heterocycles. The number of phenols is 2. The molecule has 0 bridgehead atoms. The number of quaternary nitrogens is 1. The first-order valence-corrected chi connectivity index (χ1v) is 3.69. The molecule has 1 aromatic carbocycles. The van der Waals surface area contributed by atoms with Gasteiger partial charge >= 0.3 is 5.97 Å². The average Bonchev–Trinajstić information content (AvgIpc) is 2.16. The minimum atomic E-state index is -1.32. The molecule has 0 aliphatic rings. The van der Waals surface area contributed by atoms with Gasteiger partial charge in [-0.15, -0.1) is 0 Å². The molecule has 0 radical (unpaired) electrons. The molecule has 78 valence electrons. The van der Waals surface area contributed by atoms with E-state index in [9.17, 15) is 9.90 Å². The SMILES string of the molecule is C[NH3+].O=C(O)c1cc(O)c([O-])c(O)c1. The van der Waals surface area contributed by atoms with E-state index in [2.05, 4.69) is 5.73 Å². The zero-order chi connectivity index (χ0) is 11.3. The first kappa shape index (κ1) is 12.0. The molecule has 0 heterocycles. The van der Waals surface area contributed by atoms with E-state index >= 15 is 0 Å². The quantitative estimate of drug-likeness (QED) is 0.450. The molecule has 6 nitrogen and oxygen atoms in total. The number of carbonyl (C=O) groups is 1. The van der Waals surface area contributed by atoms with Crippen molar-refractivity contribution in [2.45, 2.75) is 0 Å². The second-order valence-corrected chi connectivity index (χ2v) is 2.15. The number of hydrogen-bond acceptors (Lipinski definition) is 4. The van der Waals surface area contributed by atoms with Crippen LogP contribution < -0.4 is 10.8 Å². The summed E-state index contributed by atoms with van der Waals surface area (Å²) < 4.78 is 0. The number of carboxylic acid groups (broad SMARTS) is 1. The van der Waals surface area contributed by atoms with Gasteiger partial charge in [0.2, 0.25) is 0 Å². The highest BCUT2D eigenvalue weighted by Gasteiger charge is 2.07. The Balaban J connectivity index is 0.000000791. The number of hydrogen-bond donors (Lipinski definition) is 4. The number of benzene rings is 1. The summed E-state index contributed by atoms with van der Waals surface area (Å²) in [4.78, 5) is 10.3. The third-order valence-corrected chi connectivity index (χ3v) is 1.30. The monoisotopic (exact) mass is 201 g/mol. The standard InChI is InChI=1S/C7H6O5.CH5N/c8-4-1-3(7(11)12)2-5(9)6(4)10;1-2/h1-2,8-10H,(H,11,12);2H2,1H3. The van der Waals surface area contributed by atoms with Crippen molar-refractivity contribution >= 4 is 5.97 Å². The van der Waals surface area contributed by atoms with Crippen molar-refractivity contribution in [1.82, 2.24) is 0 Å². The molecule has 0 saturated carbocycles. The fourth-order valence-electron chi connectivity index (χ4n) is 0.722. The van der Waals surface area contributed by atoms with Crippen molar-refractivity contribution < 1.29 is 31.0 Å². The maximum atomic E-state index is 10.7. The van der Waals surface area contributed by atoms with Crippen molar-refractivity contribution in [3.8, 4) is 17.2 Å². The minimum absolute atomic E-state index is 0.329. The number of aromatic carboxylic acids is 1. The van der Waals surface area contributed by atoms with Crippen molar-refractivity contribution in [3.63, 3.8) is 0 Å². The Labute approximate surface area is 79.8 Å². The summed E-state index contributed by atoms with van der Waals surface area (Å²) in [7, 11) is 1.75. The molecule has 0 spiro atoms. The van der Waals surface area contributed by atoms with Gasteiger partial charge in [-0.1, -0.05) is 0 Å². The summed E-state index contributed by atoms with van der Waals surface area (Å²) in [5.41, 5.74) is 2.92. The lowest BCUT2D eigenvalue weighted by molar-refractivity contribution is -0.325. The van der Waals surface area contributed by atoms with E-state index in [1.54, 1.807) is 7.05 Å². The van der Waals surface area contributed by atoms with Crippen LogP contribution in [-0.4, -0.2) is 28.3 Å². The summed E-state index contributed by atoms with van der Waals surface area (Å²) in [5, 5.41) is 36.6. The maximum absolute atomic E-state index is 10.7.